The lowest BCUT2D eigenvalue weighted by Gasteiger charge is -2.38. The molecule has 0 bridgehead atoms. The van der Waals surface area contributed by atoms with Crippen LogP contribution >= 0.6 is 47.8 Å². The molecule has 120 valence electrons. The highest BCUT2D eigenvalue weighted by molar-refractivity contribution is 9.14. The van der Waals surface area contributed by atoms with Crippen LogP contribution in [-0.2, 0) is 6.42 Å². The van der Waals surface area contributed by atoms with Gasteiger partial charge in [-0.05, 0) is 72.9 Å². The molecule has 0 unspecified atom stereocenters. The van der Waals surface area contributed by atoms with Crippen LogP contribution in [0.5, 0.6) is 0 Å². The van der Waals surface area contributed by atoms with Gasteiger partial charge in [-0.1, -0.05) is 0 Å². The highest BCUT2D eigenvalue weighted by atomic mass is 79.9. The van der Waals surface area contributed by atoms with Crippen LogP contribution in [0.2, 0.25) is 0 Å². The summed E-state index contributed by atoms with van der Waals surface area (Å²) >= 11 is 11.1. The van der Waals surface area contributed by atoms with Crippen molar-refractivity contribution < 1.29 is 0 Å². The molecule has 0 saturated carbocycles. The van der Waals surface area contributed by atoms with Crippen LogP contribution in [0.4, 0.5) is 11.4 Å². The molecular formula is C15H19Br3N4. The predicted molar refractivity (Wildman–Crippen MR) is 104 cm³/mol. The van der Waals surface area contributed by atoms with Gasteiger partial charge in [0.2, 0.25) is 0 Å². The van der Waals surface area contributed by atoms with Gasteiger partial charge in [-0.25, -0.2) is 0 Å². The molecule has 0 radical (unpaired) electrons. The third kappa shape index (κ3) is 3.15. The average molecular weight is 495 g/mol. The summed E-state index contributed by atoms with van der Waals surface area (Å²) in [5.74, 6) is 0. The summed E-state index contributed by atoms with van der Waals surface area (Å²) in [6.07, 6.45) is 2.24. The van der Waals surface area contributed by atoms with E-state index in [2.05, 4.69) is 74.6 Å². The first-order valence-electron chi connectivity index (χ1n) is 7.47. The van der Waals surface area contributed by atoms with Crippen molar-refractivity contribution in [1.82, 2.24) is 10.2 Å². The Morgan fingerprint density at radius 1 is 1.05 bits per heavy atom. The number of hydrogen-bond donors (Lipinski definition) is 1. The Labute approximate surface area is 156 Å². The summed E-state index contributed by atoms with van der Waals surface area (Å²) in [5.41, 5.74) is 3.50. The monoisotopic (exact) mass is 492 g/mol. The smallest absolute Gasteiger partial charge is 0.101 e. The number of piperazine rings is 1. The van der Waals surface area contributed by atoms with E-state index >= 15 is 0 Å². The minimum absolute atomic E-state index is 0.944. The molecule has 0 aliphatic carbocycles. The first kappa shape index (κ1) is 16.9. The van der Waals surface area contributed by atoms with E-state index in [0.717, 1.165) is 64.9 Å². The number of halogens is 3. The second-order valence-corrected chi connectivity index (χ2v) is 8.03. The first-order chi connectivity index (χ1) is 10.6. The van der Waals surface area contributed by atoms with Crippen molar-refractivity contribution in [3.8, 4) is 0 Å². The van der Waals surface area contributed by atoms with E-state index in [0.29, 0.717) is 0 Å². The van der Waals surface area contributed by atoms with Gasteiger partial charge >= 0.3 is 0 Å². The topological polar surface area (TPSA) is 30.9 Å². The van der Waals surface area contributed by atoms with Crippen molar-refractivity contribution in [1.29, 1.82) is 0 Å². The summed E-state index contributed by atoms with van der Waals surface area (Å²) < 4.78 is 3.13. The maximum atomic E-state index is 4.31. The highest BCUT2D eigenvalue weighted by Gasteiger charge is 2.28. The van der Waals surface area contributed by atoms with E-state index in [1.165, 1.54) is 17.7 Å². The number of rotatable bonds is 3. The fraction of sp³-hybridized carbons (Fsp3) is 0.533. The maximum Gasteiger partial charge on any atom is 0.101 e. The van der Waals surface area contributed by atoms with Gasteiger partial charge in [0.15, 0.2) is 0 Å². The lowest BCUT2D eigenvalue weighted by atomic mass is 10.0. The molecular weight excluding hydrogens is 476 g/mol. The van der Waals surface area contributed by atoms with E-state index in [4.69, 9.17) is 0 Å². The van der Waals surface area contributed by atoms with Gasteiger partial charge in [0.1, 0.15) is 5.69 Å². The quantitative estimate of drug-likeness (QED) is 0.510. The van der Waals surface area contributed by atoms with Crippen LogP contribution in [0, 0.1) is 0 Å². The molecule has 2 aliphatic rings. The number of aliphatic imine (C=N–C) groups is 1. The Balaban J connectivity index is 1.99. The number of fused-ring (bicyclic) bond motifs is 1. The van der Waals surface area contributed by atoms with Crippen molar-refractivity contribution in [2.75, 3.05) is 44.3 Å². The fourth-order valence-electron chi connectivity index (χ4n) is 3.19. The maximum absolute atomic E-state index is 4.31. The molecule has 0 amide bonds. The first-order valence-corrected chi connectivity index (χ1v) is 9.85. The van der Waals surface area contributed by atoms with E-state index < -0.39 is 0 Å². The summed E-state index contributed by atoms with van der Waals surface area (Å²) in [6.45, 7) is 10.1. The van der Waals surface area contributed by atoms with Crippen molar-refractivity contribution in [3.05, 3.63) is 19.0 Å². The van der Waals surface area contributed by atoms with Crippen LogP contribution in [0.15, 0.2) is 18.4 Å². The zero-order chi connectivity index (χ0) is 15.7. The summed E-state index contributed by atoms with van der Waals surface area (Å²) in [7, 11) is 0. The van der Waals surface area contributed by atoms with Crippen molar-refractivity contribution in [2.45, 2.75) is 12.8 Å². The van der Waals surface area contributed by atoms with Gasteiger partial charge in [-0.3, -0.25) is 9.89 Å². The molecule has 1 aromatic carbocycles. The van der Waals surface area contributed by atoms with E-state index in [1.54, 1.807) is 0 Å². The van der Waals surface area contributed by atoms with Crippen LogP contribution in [-0.4, -0.2) is 51.0 Å². The Morgan fingerprint density at radius 3 is 2.45 bits per heavy atom. The highest BCUT2D eigenvalue weighted by Crippen LogP contribution is 2.49. The van der Waals surface area contributed by atoms with Gasteiger partial charge in [0.05, 0.1) is 16.8 Å². The van der Waals surface area contributed by atoms with Crippen LogP contribution < -0.4 is 10.2 Å². The van der Waals surface area contributed by atoms with Crippen LogP contribution in [0.3, 0.4) is 0 Å². The summed E-state index contributed by atoms with van der Waals surface area (Å²) in [4.78, 5) is 9.27. The summed E-state index contributed by atoms with van der Waals surface area (Å²) in [6, 6.07) is 0. The van der Waals surface area contributed by atoms with Gasteiger partial charge in [-0.15, -0.1) is 0 Å². The minimum Gasteiger partial charge on any atom is -0.356 e. The standard InChI is InChI=1S/C15H19Br3N4/c1-19-14-13(18)12(17)11(16)10-3-2-6-22(15(10)14)9-21-7-4-20-5-8-21/h20H,1-9H2. The number of anilines is 1. The van der Waals surface area contributed by atoms with Crippen LogP contribution in [0.1, 0.15) is 12.0 Å². The van der Waals surface area contributed by atoms with Gasteiger partial charge in [0.25, 0.3) is 0 Å². The molecule has 7 heteroatoms. The zero-order valence-electron chi connectivity index (χ0n) is 12.3. The second kappa shape index (κ2) is 7.30. The van der Waals surface area contributed by atoms with Crippen molar-refractivity contribution in [2.24, 2.45) is 4.99 Å². The number of benzene rings is 1. The Bertz CT molecular complexity index is 585. The van der Waals surface area contributed by atoms with Crippen molar-refractivity contribution in [3.63, 3.8) is 0 Å². The van der Waals surface area contributed by atoms with Gasteiger partial charge in [-0.2, -0.15) is 0 Å². The largest absolute Gasteiger partial charge is 0.356 e. The molecule has 1 saturated heterocycles. The fourth-order valence-corrected chi connectivity index (χ4v) is 4.98. The second-order valence-electron chi connectivity index (χ2n) is 5.65. The molecule has 0 aromatic heterocycles. The third-order valence-electron chi connectivity index (χ3n) is 4.28. The molecule has 3 rings (SSSR count). The molecule has 2 heterocycles. The van der Waals surface area contributed by atoms with Crippen molar-refractivity contribution >= 4 is 65.9 Å². The molecule has 1 aromatic rings. The number of hydrogen-bond acceptors (Lipinski definition) is 4. The lowest BCUT2D eigenvalue weighted by molar-refractivity contribution is 0.239. The molecule has 2 aliphatic heterocycles. The van der Waals surface area contributed by atoms with E-state index in [1.807, 2.05) is 0 Å². The Morgan fingerprint density at radius 2 is 1.77 bits per heavy atom. The summed E-state index contributed by atoms with van der Waals surface area (Å²) in [5, 5.41) is 3.41. The molecule has 1 fully saturated rings. The number of nitrogens with zero attached hydrogens (tertiary/aromatic N) is 3. The molecule has 0 spiro atoms. The van der Waals surface area contributed by atoms with E-state index in [9.17, 15) is 0 Å². The average Bonchev–Trinajstić information content (AvgIpc) is 2.55. The van der Waals surface area contributed by atoms with E-state index in [-0.39, 0.29) is 0 Å². The van der Waals surface area contributed by atoms with Crippen LogP contribution in [0.25, 0.3) is 0 Å². The number of nitrogens with one attached hydrogen (secondary N) is 1. The SMILES string of the molecule is C=Nc1c(Br)c(Br)c(Br)c2c1N(CN1CCNCC1)CCC2. The minimum atomic E-state index is 0.944. The molecule has 0 atom stereocenters. The van der Waals surface area contributed by atoms with Gasteiger partial charge < -0.3 is 10.2 Å². The Hall–Kier alpha value is 0.0500. The van der Waals surface area contributed by atoms with Gasteiger partial charge in [0, 0.05) is 41.7 Å². The lowest BCUT2D eigenvalue weighted by Crippen LogP contribution is -2.49. The molecule has 22 heavy (non-hydrogen) atoms. The third-order valence-corrected chi connectivity index (χ3v) is 7.78. The Kier molecular flexibility index (Phi) is 5.60. The molecule has 1 N–H and O–H groups in total. The predicted octanol–water partition coefficient (Wildman–Crippen LogP) is 3.92. The molecule has 4 nitrogen and oxygen atoms in total. The zero-order valence-corrected chi connectivity index (χ0v) is 17.1. The normalized spacial score (nSPS) is 19.1.